The van der Waals surface area contributed by atoms with Crippen LogP contribution in [0.15, 0.2) is 0 Å². The smallest absolute Gasteiger partial charge is 0.371 e. The zero-order valence-corrected chi connectivity index (χ0v) is 12.2. The van der Waals surface area contributed by atoms with Crippen LogP contribution in [0.4, 0.5) is 0 Å². The van der Waals surface area contributed by atoms with Gasteiger partial charge in [-0.3, -0.25) is 0 Å². The molecule has 1 rings (SSSR count). The monoisotopic (exact) mass is 260 g/mol. The Morgan fingerprint density at radius 2 is 1.71 bits per heavy atom. The van der Waals surface area contributed by atoms with E-state index in [4.69, 9.17) is 19.0 Å². The van der Waals surface area contributed by atoms with Gasteiger partial charge in [-0.15, -0.1) is 0 Å². The van der Waals surface area contributed by atoms with Crippen molar-refractivity contribution in [3.8, 4) is 0 Å². The average molecular weight is 260 g/mol. The first kappa shape index (κ1) is 15.1. The summed E-state index contributed by atoms with van der Waals surface area (Å²) in [6, 6.07) is 0. The second-order valence-corrected chi connectivity index (χ2v) is 5.78. The van der Waals surface area contributed by atoms with E-state index in [0.717, 1.165) is 32.2 Å². The maximum Gasteiger partial charge on any atom is 0.578 e. The Balaban J connectivity index is 2.50. The molecule has 0 aliphatic heterocycles. The Morgan fingerprint density at radius 3 is 2.18 bits per heavy atom. The van der Waals surface area contributed by atoms with Gasteiger partial charge in [-0.1, -0.05) is 12.8 Å². The lowest BCUT2D eigenvalue weighted by Crippen LogP contribution is -2.40. The van der Waals surface area contributed by atoms with E-state index >= 15 is 0 Å². The fraction of sp³-hybridized carbons (Fsp3) is 1.00. The van der Waals surface area contributed by atoms with E-state index in [-0.39, 0.29) is 5.60 Å². The van der Waals surface area contributed by atoms with Crippen molar-refractivity contribution in [2.24, 2.45) is 5.73 Å². The van der Waals surface area contributed by atoms with Crippen LogP contribution in [0.25, 0.3) is 0 Å². The van der Waals surface area contributed by atoms with Crippen molar-refractivity contribution >= 4 is 9.53 Å². The van der Waals surface area contributed by atoms with E-state index < -0.39 is 9.53 Å². The normalized spacial score (nSPS) is 19.1. The van der Waals surface area contributed by atoms with E-state index in [1.54, 1.807) is 0 Å². The molecule has 4 nitrogen and oxygen atoms in total. The van der Waals surface area contributed by atoms with E-state index in [9.17, 15) is 0 Å². The van der Waals surface area contributed by atoms with Crippen LogP contribution in [0.3, 0.4) is 0 Å². The molecular weight excluding hydrogens is 234 g/mol. The molecule has 1 saturated carbocycles. The minimum Gasteiger partial charge on any atom is -0.371 e. The molecule has 1 aliphatic rings. The molecule has 0 unspecified atom stereocenters. The van der Waals surface area contributed by atoms with Crippen molar-refractivity contribution in [2.45, 2.75) is 58.0 Å². The summed E-state index contributed by atoms with van der Waals surface area (Å²) in [5.41, 5.74) is 5.59. The molecule has 1 aliphatic carbocycles. The summed E-state index contributed by atoms with van der Waals surface area (Å²) in [4.78, 5) is 0. The summed E-state index contributed by atoms with van der Waals surface area (Å²) in [6.45, 7) is 6.00. The standard InChI is InChI=1S/C12H26NO3Si/c1-3-14-17(15-4-2)16-12(10-7-11-13)8-5-6-9-12/h3-11,13H2,1-2H3. The molecule has 5 heteroatoms. The van der Waals surface area contributed by atoms with Gasteiger partial charge in [-0.25, -0.2) is 0 Å². The van der Waals surface area contributed by atoms with Crippen LogP contribution in [0.2, 0.25) is 0 Å². The first-order valence-corrected chi connectivity index (χ1v) is 8.00. The molecule has 1 fully saturated rings. The highest BCUT2D eigenvalue weighted by Crippen LogP contribution is 2.37. The summed E-state index contributed by atoms with van der Waals surface area (Å²) in [5, 5.41) is 0. The lowest BCUT2D eigenvalue weighted by atomic mass is 9.96. The van der Waals surface area contributed by atoms with E-state index in [2.05, 4.69) is 0 Å². The molecule has 0 bridgehead atoms. The Bertz CT molecular complexity index is 192. The van der Waals surface area contributed by atoms with Crippen molar-refractivity contribution in [3.05, 3.63) is 0 Å². The molecule has 0 spiro atoms. The number of hydrogen-bond donors (Lipinski definition) is 1. The maximum atomic E-state index is 6.18. The second-order valence-electron chi connectivity index (χ2n) is 4.50. The van der Waals surface area contributed by atoms with Gasteiger partial charge in [0.05, 0.1) is 5.60 Å². The Morgan fingerprint density at radius 1 is 1.12 bits per heavy atom. The van der Waals surface area contributed by atoms with Gasteiger partial charge < -0.3 is 19.0 Å². The predicted molar refractivity (Wildman–Crippen MR) is 69.6 cm³/mol. The van der Waals surface area contributed by atoms with E-state index in [1.165, 1.54) is 12.8 Å². The van der Waals surface area contributed by atoms with Crippen LogP contribution < -0.4 is 5.73 Å². The molecule has 0 amide bonds. The SMILES string of the molecule is CCO[Si](OCC)OC1(CCCN)CCCC1. The third-order valence-electron chi connectivity index (χ3n) is 3.18. The van der Waals surface area contributed by atoms with Gasteiger partial charge in [0.25, 0.3) is 0 Å². The Kier molecular flexibility index (Phi) is 7.30. The van der Waals surface area contributed by atoms with Crippen LogP contribution in [0.1, 0.15) is 52.4 Å². The van der Waals surface area contributed by atoms with Crippen LogP contribution in [0, 0.1) is 0 Å². The van der Waals surface area contributed by atoms with Crippen molar-refractivity contribution in [1.82, 2.24) is 0 Å². The summed E-state index contributed by atoms with van der Waals surface area (Å²) in [7, 11) is -1.56. The summed E-state index contributed by atoms with van der Waals surface area (Å²) in [6.07, 6.45) is 6.81. The van der Waals surface area contributed by atoms with Crippen LogP contribution in [-0.4, -0.2) is 34.9 Å². The Labute approximate surface area is 107 Å². The van der Waals surface area contributed by atoms with Crippen LogP contribution in [-0.2, 0) is 13.3 Å². The molecule has 101 valence electrons. The van der Waals surface area contributed by atoms with Gasteiger partial charge in [0.2, 0.25) is 0 Å². The van der Waals surface area contributed by atoms with Gasteiger partial charge in [0, 0.05) is 13.2 Å². The van der Waals surface area contributed by atoms with Crippen molar-refractivity contribution in [3.63, 3.8) is 0 Å². The quantitative estimate of drug-likeness (QED) is 0.645. The number of nitrogens with two attached hydrogens (primary N) is 1. The summed E-state index contributed by atoms with van der Waals surface area (Å²) >= 11 is 0. The summed E-state index contributed by atoms with van der Waals surface area (Å²) < 4.78 is 17.3. The predicted octanol–water partition coefficient (Wildman–Crippen LogP) is 2.11. The molecule has 0 aromatic rings. The number of rotatable bonds is 9. The molecule has 1 radical (unpaired) electrons. The van der Waals surface area contributed by atoms with Crippen molar-refractivity contribution in [1.29, 1.82) is 0 Å². The molecular formula is C12H26NO3Si. The zero-order chi connectivity index (χ0) is 12.6. The second kappa shape index (κ2) is 8.21. The minimum atomic E-state index is -1.56. The molecule has 0 saturated heterocycles. The lowest BCUT2D eigenvalue weighted by molar-refractivity contribution is -0.00964. The fourth-order valence-electron chi connectivity index (χ4n) is 2.36. The number of hydrogen-bond acceptors (Lipinski definition) is 4. The van der Waals surface area contributed by atoms with Gasteiger partial charge >= 0.3 is 9.53 Å². The minimum absolute atomic E-state index is 0.0159. The highest BCUT2D eigenvalue weighted by molar-refractivity contribution is 6.36. The third-order valence-corrected chi connectivity index (χ3v) is 4.82. The average Bonchev–Trinajstić information content (AvgIpc) is 2.76. The Hall–Kier alpha value is 0.0569. The highest BCUT2D eigenvalue weighted by atomic mass is 28.3. The van der Waals surface area contributed by atoms with Crippen LogP contribution in [0.5, 0.6) is 0 Å². The van der Waals surface area contributed by atoms with E-state index in [0.29, 0.717) is 13.2 Å². The zero-order valence-electron chi connectivity index (χ0n) is 11.2. The van der Waals surface area contributed by atoms with Gasteiger partial charge in [-0.05, 0) is 46.1 Å². The van der Waals surface area contributed by atoms with Crippen molar-refractivity contribution < 1.29 is 13.3 Å². The first-order chi connectivity index (χ1) is 8.26. The lowest BCUT2D eigenvalue weighted by Gasteiger charge is -2.31. The summed E-state index contributed by atoms with van der Waals surface area (Å²) in [5.74, 6) is 0. The highest BCUT2D eigenvalue weighted by Gasteiger charge is 2.39. The van der Waals surface area contributed by atoms with Crippen LogP contribution >= 0.6 is 0 Å². The molecule has 17 heavy (non-hydrogen) atoms. The largest absolute Gasteiger partial charge is 0.578 e. The van der Waals surface area contributed by atoms with Gasteiger partial charge in [-0.2, -0.15) is 0 Å². The molecule has 2 N–H and O–H groups in total. The first-order valence-electron chi connectivity index (χ1n) is 6.78. The third kappa shape index (κ3) is 5.05. The fourth-order valence-corrected chi connectivity index (χ4v) is 3.69. The van der Waals surface area contributed by atoms with Gasteiger partial charge in [0.15, 0.2) is 0 Å². The molecule has 0 aromatic heterocycles. The van der Waals surface area contributed by atoms with E-state index in [1.807, 2.05) is 13.8 Å². The van der Waals surface area contributed by atoms with Gasteiger partial charge in [0.1, 0.15) is 0 Å². The molecule has 0 heterocycles. The molecule has 0 aromatic carbocycles. The van der Waals surface area contributed by atoms with Crippen molar-refractivity contribution in [2.75, 3.05) is 19.8 Å². The topological polar surface area (TPSA) is 53.7 Å². The maximum absolute atomic E-state index is 6.18. The molecule has 0 atom stereocenters.